The average molecular weight is 371 g/mol. The number of hydrogen-bond acceptors (Lipinski definition) is 4. The molecule has 2 unspecified atom stereocenters. The Morgan fingerprint density at radius 1 is 1.33 bits per heavy atom. The van der Waals surface area contributed by atoms with Crippen LogP contribution < -0.4 is 10.1 Å². The average Bonchev–Trinajstić information content (AvgIpc) is 2.86. The van der Waals surface area contributed by atoms with E-state index in [-0.39, 0.29) is 17.0 Å². The van der Waals surface area contributed by atoms with Crippen LogP contribution in [0.1, 0.15) is 31.2 Å². The third kappa shape index (κ3) is 4.65. The maximum atomic E-state index is 5.76. The molecule has 0 radical (unpaired) electrons. The first-order valence-corrected chi connectivity index (χ1v) is 8.46. The monoisotopic (exact) mass is 370 g/mol. The van der Waals surface area contributed by atoms with Crippen molar-refractivity contribution in [3.05, 3.63) is 29.8 Å². The van der Waals surface area contributed by atoms with Crippen molar-refractivity contribution in [2.75, 3.05) is 12.4 Å². The molecule has 0 aromatic heterocycles. The van der Waals surface area contributed by atoms with E-state index in [1.807, 2.05) is 12.1 Å². The highest BCUT2D eigenvalue weighted by atomic mass is 79.9. The first kappa shape index (κ1) is 16.7. The van der Waals surface area contributed by atoms with Gasteiger partial charge >= 0.3 is 0 Å². The van der Waals surface area contributed by atoms with Crippen LogP contribution in [0.5, 0.6) is 5.75 Å². The van der Waals surface area contributed by atoms with Crippen LogP contribution in [0, 0.1) is 6.92 Å². The topological polar surface area (TPSA) is 33.6 Å². The first-order valence-electron chi connectivity index (χ1n) is 7.48. The molecule has 1 fully saturated rings. The number of ether oxygens (including phenoxy) is 1. The molecule has 0 saturated heterocycles. The molecule has 3 rings (SSSR count). The van der Waals surface area contributed by atoms with Gasteiger partial charge in [0.1, 0.15) is 5.75 Å². The minimum Gasteiger partial charge on any atom is -0.493 e. The van der Waals surface area contributed by atoms with Crippen LogP contribution in [0.2, 0.25) is 0 Å². The van der Waals surface area contributed by atoms with E-state index in [1.165, 1.54) is 31.2 Å². The Balaban J connectivity index is 0.00000161. The number of rotatable bonds is 4. The summed E-state index contributed by atoms with van der Waals surface area (Å²) in [5.41, 5.74) is 1.24. The Morgan fingerprint density at radius 2 is 2.19 bits per heavy atom. The molecule has 116 valence electrons. The zero-order valence-electron chi connectivity index (χ0n) is 12.4. The number of nitrogens with one attached hydrogen (secondary N) is 1. The molecule has 1 aromatic rings. The lowest BCUT2D eigenvalue weighted by Gasteiger charge is -2.23. The second kappa shape index (κ2) is 8.08. The van der Waals surface area contributed by atoms with Gasteiger partial charge in [-0.25, -0.2) is 0 Å². The summed E-state index contributed by atoms with van der Waals surface area (Å²) < 4.78 is 5.76. The fourth-order valence-electron chi connectivity index (χ4n) is 2.86. The number of fused-ring (bicyclic) bond motifs is 1. The molecule has 21 heavy (non-hydrogen) atoms. The zero-order valence-corrected chi connectivity index (χ0v) is 14.9. The summed E-state index contributed by atoms with van der Waals surface area (Å²) in [6.07, 6.45) is 5.21. The molecule has 5 heteroatoms. The first-order chi connectivity index (χ1) is 9.81. The number of thioether (sulfide) groups is 1. The number of benzene rings is 1. The Morgan fingerprint density at radius 3 is 3.00 bits per heavy atom. The van der Waals surface area contributed by atoms with Gasteiger partial charge in [-0.1, -0.05) is 36.7 Å². The molecule has 0 amide bonds. The lowest BCUT2D eigenvalue weighted by Crippen LogP contribution is -2.36. The van der Waals surface area contributed by atoms with E-state index < -0.39 is 0 Å². The molecule has 2 atom stereocenters. The van der Waals surface area contributed by atoms with Gasteiger partial charge in [0.05, 0.1) is 18.7 Å². The van der Waals surface area contributed by atoms with Gasteiger partial charge < -0.3 is 10.1 Å². The number of aryl methyl sites for hydroxylation is 1. The predicted molar refractivity (Wildman–Crippen MR) is 96.1 cm³/mol. The SMILES string of the molecule is Br.Cc1cccc(OCCSC2=NC3CCCCC3N2)c1. The van der Waals surface area contributed by atoms with Crippen molar-refractivity contribution in [1.82, 2.24) is 5.32 Å². The molecule has 0 bridgehead atoms. The maximum Gasteiger partial charge on any atom is 0.157 e. The van der Waals surface area contributed by atoms with E-state index >= 15 is 0 Å². The lowest BCUT2D eigenvalue weighted by molar-refractivity contribution is 0.344. The van der Waals surface area contributed by atoms with Gasteiger partial charge in [-0.15, -0.1) is 17.0 Å². The van der Waals surface area contributed by atoms with Crippen LogP contribution in [0.3, 0.4) is 0 Å². The van der Waals surface area contributed by atoms with Crippen molar-refractivity contribution in [2.24, 2.45) is 4.99 Å². The molecule has 1 N–H and O–H groups in total. The quantitative estimate of drug-likeness (QED) is 0.814. The van der Waals surface area contributed by atoms with E-state index in [0.29, 0.717) is 12.1 Å². The second-order valence-corrected chi connectivity index (χ2v) is 6.63. The van der Waals surface area contributed by atoms with Crippen LogP contribution >= 0.6 is 28.7 Å². The van der Waals surface area contributed by atoms with E-state index in [4.69, 9.17) is 9.73 Å². The molecule has 2 aliphatic rings. The smallest absolute Gasteiger partial charge is 0.157 e. The minimum absolute atomic E-state index is 0. The van der Waals surface area contributed by atoms with Crippen molar-refractivity contribution >= 4 is 33.9 Å². The molecule has 1 heterocycles. The molecule has 1 aromatic carbocycles. The van der Waals surface area contributed by atoms with Crippen molar-refractivity contribution in [1.29, 1.82) is 0 Å². The van der Waals surface area contributed by atoms with Gasteiger partial charge in [0, 0.05) is 5.75 Å². The fourth-order valence-corrected chi connectivity index (χ4v) is 3.67. The van der Waals surface area contributed by atoms with E-state index in [2.05, 4.69) is 24.4 Å². The standard InChI is InChI=1S/C16H22N2OS.BrH/c1-12-5-4-6-13(11-12)19-9-10-20-16-17-14-7-2-3-8-15(14)18-16;/h4-6,11,14-15H,2-3,7-10H2,1H3,(H,17,18);1H. The summed E-state index contributed by atoms with van der Waals surface area (Å²) in [6.45, 7) is 2.81. The molecular formula is C16H23BrN2OS. The highest BCUT2D eigenvalue weighted by Gasteiger charge is 2.30. The zero-order chi connectivity index (χ0) is 13.8. The van der Waals surface area contributed by atoms with Crippen molar-refractivity contribution in [2.45, 2.75) is 44.7 Å². The summed E-state index contributed by atoms with van der Waals surface area (Å²) in [5, 5.41) is 4.68. The number of halogens is 1. The molecule has 1 saturated carbocycles. The van der Waals surface area contributed by atoms with Crippen molar-refractivity contribution in [3.63, 3.8) is 0 Å². The van der Waals surface area contributed by atoms with Gasteiger partial charge in [0.2, 0.25) is 0 Å². The van der Waals surface area contributed by atoms with Gasteiger partial charge in [0.25, 0.3) is 0 Å². The highest BCUT2D eigenvalue weighted by Crippen LogP contribution is 2.27. The summed E-state index contributed by atoms with van der Waals surface area (Å²) in [4.78, 5) is 4.78. The normalized spacial score (nSPS) is 23.6. The van der Waals surface area contributed by atoms with Gasteiger partial charge in [-0.2, -0.15) is 0 Å². The summed E-state index contributed by atoms with van der Waals surface area (Å²) in [6, 6.07) is 9.33. The van der Waals surface area contributed by atoms with Gasteiger partial charge in [-0.3, -0.25) is 4.99 Å². The van der Waals surface area contributed by atoms with Crippen LogP contribution in [0.25, 0.3) is 0 Å². The second-order valence-electron chi connectivity index (χ2n) is 5.55. The Labute approximate surface area is 141 Å². The fraction of sp³-hybridized carbons (Fsp3) is 0.562. The summed E-state index contributed by atoms with van der Waals surface area (Å²) in [7, 11) is 0. The van der Waals surface area contributed by atoms with Crippen molar-refractivity contribution in [3.8, 4) is 5.75 Å². The van der Waals surface area contributed by atoms with Crippen LogP contribution in [-0.2, 0) is 0 Å². The molecule has 1 aliphatic heterocycles. The molecule has 3 nitrogen and oxygen atoms in total. The lowest BCUT2D eigenvalue weighted by atomic mass is 9.92. The number of aliphatic imine (C=N–C) groups is 1. The molecule has 0 spiro atoms. The summed E-state index contributed by atoms with van der Waals surface area (Å²) in [5.74, 6) is 1.90. The van der Waals surface area contributed by atoms with E-state index in [1.54, 1.807) is 11.8 Å². The third-order valence-corrected chi connectivity index (χ3v) is 4.77. The molecule has 1 aliphatic carbocycles. The van der Waals surface area contributed by atoms with Crippen LogP contribution in [0.15, 0.2) is 29.3 Å². The Kier molecular flexibility index (Phi) is 6.42. The van der Waals surface area contributed by atoms with Crippen LogP contribution in [-0.4, -0.2) is 29.6 Å². The third-order valence-electron chi connectivity index (χ3n) is 3.90. The number of amidine groups is 1. The summed E-state index contributed by atoms with van der Waals surface area (Å²) >= 11 is 1.79. The largest absolute Gasteiger partial charge is 0.493 e. The Hall–Kier alpha value is -0.680. The van der Waals surface area contributed by atoms with Crippen LogP contribution in [0.4, 0.5) is 0 Å². The highest BCUT2D eigenvalue weighted by molar-refractivity contribution is 8.93. The number of nitrogens with zero attached hydrogens (tertiary/aromatic N) is 1. The van der Waals surface area contributed by atoms with Gasteiger partial charge in [-0.05, 0) is 37.5 Å². The predicted octanol–water partition coefficient (Wildman–Crippen LogP) is 3.96. The minimum atomic E-state index is 0. The van der Waals surface area contributed by atoms with Gasteiger partial charge in [0.15, 0.2) is 5.17 Å². The van der Waals surface area contributed by atoms with E-state index in [9.17, 15) is 0 Å². The Bertz CT molecular complexity index is 495. The van der Waals surface area contributed by atoms with Crippen molar-refractivity contribution < 1.29 is 4.74 Å². The van der Waals surface area contributed by atoms with E-state index in [0.717, 1.165) is 23.3 Å². The molecular weight excluding hydrogens is 348 g/mol. The number of hydrogen-bond donors (Lipinski definition) is 1. The maximum absolute atomic E-state index is 5.76.